The number of nitrogens with zero attached hydrogens (tertiary/aromatic N) is 2. The summed E-state index contributed by atoms with van der Waals surface area (Å²) in [6.07, 6.45) is -0.264. The molecule has 0 bridgehead atoms. The van der Waals surface area contributed by atoms with Crippen LogP contribution in [0.1, 0.15) is 53.4 Å². The van der Waals surface area contributed by atoms with Crippen molar-refractivity contribution in [3.8, 4) is 0 Å². The number of hydrogen-bond donors (Lipinski definition) is 1. The third kappa shape index (κ3) is 3.98. The minimum atomic E-state index is -0.755. The molecule has 0 aliphatic carbocycles. The lowest BCUT2D eigenvalue weighted by molar-refractivity contribution is -0.147. The minimum absolute atomic E-state index is 0.166. The van der Waals surface area contributed by atoms with Crippen LogP contribution in [0.4, 0.5) is 5.69 Å². The first-order chi connectivity index (χ1) is 15.7. The third-order valence-corrected chi connectivity index (χ3v) is 5.40. The number of carbonyl (C=O) groups excluding carboxylic acids is 6. The highest BCUT2D eigenvalue weighted by Gasteiger charge is 2.35. The molecule has 0 spiro atoms. The maximum Gasteiger partial charge on any atom is 0.308 e. The Morgan fingerprint density at radius 1 is 0.848 bits per heavy atom. The average Bonchev–Trinajstić information content (AvgIpc) is 3.15. The standard InChI is InChI=1S/C23H19N3O7/c1-12-3-5-15-16(9-12)23(32)26(22(15)31)8-7-19(28)33-11-18(27)24-13-4-6-14-17(10-13)21(30)25(2)20(14)29/h3-6,9-10H,7-8,11H2,1-2H3,(H,24,27). The van der Waals surface area contributed by atoms with Gasteiger partial charge in [-0.15, -0.1) is 0 Å². The fourth-order valence-corrected chi connectivity index (χ4v) is 3.67. The van der Waals surface area contributed by atoms with Crippen LogP contribution < -0.4 is 5.32 Å². The molecule has 0 unspecified atom stereocenters. The second-order valence-electron chi connectivity index (χ2n) is 7.70. The van der Waals surface area contributed by atoms with Crippen molar-refractivity contribution in [1.82, 2.24) is 9.80 Å². The lowest BCUT2D eigenvalue weighted by Crippen LogP contribution is -2.32. The number of ether oxygens (including phenoxy) is 1. The molecular formula is C23H19N3O7. The molecular weight excluding hydrogens is 430 g/mol. The molecule has 0 aromatic heterocycles. The molecule has 1 N–H and O–H groups in total. The van der Waals surface area contributed by atoms with Crippen LogP contribution in [0.25, 0.3) is 0 Å². The molecule has 2 aliphatic heterocycles. The number of esters is 1. The van der Waals surface area contributed by atoms with Crippen LogP contribution in [-0.2, 0) is 14.3 Å². The van der Waals surface area contributed by atoms with Crippen molar-refractivity contribution >= 4 is 41.2 Å². The van der Waals surface area contributed by atoms with Gasteiger partial charge in [0.15, 0.2) is 6.61 Å². The van der Waals surface area contributed by atoms with Crippen LogP contribution in [0.15, 0.2) is 36.4 Å². The van der Waals surface area contributed by atoms with E-state index in [-0.39, 0.29) is 29.8 Å². The monoisotopic (exact) mass is 449 g/mol. The van der Waals surface area contributed by atoms with E-state index in [1.165, 1.54) is 25.2 Å². The van der Waals surface area contributed by atoms with Crippen LogP contribution in [0, 0.1) is 6.92 Å². The van der Waals surface area contributed by atoms with Gasteiger partial charge in [-0.1, -0.05) is 11.6 Å². The van der Waals surface area contributed by atoms with E-state index >= 15 is 0 Å². The Labute approximate surface area is 188 Å². The average molecular weight is 449 g/mol. The number of fused-ring (bicyclic) bond motifs is 2. The molecule has 0 atom stereocenters. The van der Waals surface area contributed by atoms with Gasteiger partial charge in [0, 0.05) is 19.3 Å². The largest absolute Gasteiger partial charge is 0.456 e. The number of carbonyl (C=O) groups is 6. The molecule has 168 valence electrons. The van der Waals surface area contributed by atoms with E-state index in [1.807, 2.05) is 6.92 Å². The molecule has 2 aromatic carbocycles. The third-order valence-electron chi connectivity index (χ3n) is 5.40. The summed E-state index contributed by atoms with van der Waals surface area (Å²) in [5, 5.41) is 2.49. The number of nitrogens with one attached hydrogen (secondary N) is 1. The molecule has 5 amide bonds. The molecule has 33 heavy (non-hydrogen) atoms. The molecule has 0 fully saturated rings. The Morgan fingerprint density at radius 3 is 2.21 bits per heavy atom. The number of imide groups is 2. The van der Waals surface area contributed by atoms with Crippen molar-refractivity contribution in [3.63, 3.8) is 0 Å². The fourth-order valence-electron chi connectivity index (χ4n) is 3.67. The van der Waals surface area contributed by atoms with Gasteiger partial charge in [-0.25, -0.2) is 0 Å². The van der Waals surface area contributed by atoms with Crippen LogP contribution in [0.3, 0.4) is 0 Å². The van der Waals surface area contributed by atoms with Gasteiger partial charge >= 0.3 is 5.97 Å². The number of anilines is 1. The van der Waals surface area contributed by atoms with Crippen molar-refractivity contribution in [2.75, 3.05) is 25.5 Å². The van der Waals surface area contributed by atoms with E-state index in [2.05, 4.69) is 5.32 Å². The number of aryl methyl sites for hydroxylation is 1. The molecule has 10 heteroatoms. The fraction of sp³-hybridized carbons (Fsp3) is 0.217. The summed E-state index contributed by atoms with van der Waals surface area (Å²) in [5.74, 6) is -3.25. The predicted octanol–water partition coefficient (Wildman–Crippen LogP) is 1.39. The van der Waals surface area contributed by atoms with Crippen molar-refractivity contribution in [2.45, 2.75) is 13.3 Å². The predicted molar refractivity (Wildman–Crippen MR) is 114 cm³/mol. The molecule has 4 rings (SSSR count). The normalized spacial score (nSPS) is 14.5. The van der Waals surface area contributed by atoms with Crippen LogP contribution in [0.5, 0.6) is 0 Å². The van der Waals surface area contributed by atoms with Gasteiger partial charge in [0.05, 0.1) is 28.7 Å². The highest BCUT2D eigenvalue weighted by atomic mass is 16.5. The van der Waals surface area contributed by atoms with E-state index in [0.717, 1.165) is 15.4 Å². The van der Waals surface area contributed by atoms with E-state index in [0.29, 0.717) is 11.1 Å². The molecule has 0 radical (unpaired) electrons. The van der Waals surface area contributed by atoms with Gasteiger partial charge in [-0.2, -0.15) is 0 Å². The Hall–Kier alpha value is -4.34. The summed E-state index contributed by atoms with van der Waals surface area (Å²) in [7, 11) is 1.37. The quantitative estimate of drug-likeness (QED) is 0.521. The van der Waals surface area contributed by atoms with Crippen molar-refractivity contribution in [1.29, 1.82) is 0 Å². The first-order valence-electron chi connectivity index (χ1n) is 10.1. The van der Waals surface area contributed by atoms with Crippen LogP contribution in [-0.4, -0.2) is 65.5 Å². The molecule has 0 saturated heterocycles. The smallest absolute Gasteiger partial charge is 0.308 e. The lowest BCUT2D eigenvalue weighted by Gasteiger charge is -2.13. The van der Waals surface area contributed by atoms with Crippen LogP contribution >= 0.6 is 0 Å². The zero-order chi connectivity index (χ0) is 23.9. The van der Waals surface area contributed by atoms with E-state index in [1.54, 1.807) is 18.2 Å². The molecule has 0 saturated carbocycles. The summed E-state index contributed by atoms with van der Waals surface area (Å²) < 4.78 is 4.92. The summed E-state index contributed by atoms with van der Waals surface area (Å²) >= 11 is 0. The van der Waals surface area contributed by atoms with Gasteiger partial charge in [0.2, 0.25) is 0 Å². The minimum Gasteiger partial charge on any atom is -0.456 e. The maximum atomic E-state index is 12.4. The molecule has 10 nitrogen and oxygen atoms in total. The van der Waals surface area contributed by atoms with E-state index in [4.69, 9.17) is 4.74 Å². The Bertz CT molecular complexity index is 1250. The number of rotatable bonds is 6. The Balaban J connectivity index is 1.28. The topological polar surface area (TPSA) is 130 Å². The zero-order valence-electron chi connectivity index (χ0n) is 17.8. The van der Waals surface area contributed by atoms with Crippen molar-refractivity contribution in [2.24, 2.45) is 0 Å². The summed E-state index contributed by atoms with van der Waals surface area (Å²) in [6.45, 7) is 1.05. The zero-order valence-corrected chi connectivity index (χ0v) is 17.8. The van der Waals surface area contributed by atoms with Gasteiger partial charge in [0.1, 0.15) is 0 Å². The van der Waals surface area contributed by atoms with Crippen molar-refractivity contribution < 1.29 is 33.5 Å². The number of amides is 5. The van der Waals surface area contributed by atoms with E-state index in [9.17, 15) is 28.8 Å². The highest BCUT2D eigenvalue weighted by molar-refractivity contribution is 6.22. The summed E-state index contributed by atoms with van der Waals surface area (Å²) in [4.78, 5) is 74.9. The molecule has 2 heterocycles. The van der Waals surface area contributed by atoms with E-state index < -0.39 is 42.1 Å². The Morgan fingerprint density at radius 2 is 1.45 bits per heavy atom. The summed E-state index contributed by atoms with van der Waals surface area (Å²) in [6, 6.07) is 9.21. The second-order valence-corrected chi connectivity index (χ2v) is 7.70. The first-order valence-corrected chi connectivity index (χ1v) is 10.1. The van der Waals surface area contributed by atoms with Crippen molar-refractivity contribution in [3.05, 3.63) is 64.2 Å². The van der Waals surface area contributed by atoms with Gasteiger partial charge < -0.3 is 10.1 Å². The lowest BCUT2D eigenvalue weighted by atomic mass is 10.1. The van der Waals surface area contributed by atoms with Crippen LogP contribution in [0.2, 0.25) is 0 Å². The maximum absolute atomic E-state index is 12.4. The summed E-state index contributed by atoms with van der Waals surface area (Å²) in [5.41, 5.74) is 2.12. The van der Waals surface area contributed by atoms with Gasteiger partial charge in [-0.3, -0.25) is 38.6 Å². The molecule has 2 aliphatic rings. The SMILES string of the molecule is Cc1ccc2c(c1)C(=O)N(CCC(=O)OCC(=O)Nc1ccc3c(c1)C(=O)N(C)C3=O)C2=O. The number of hydrogen-bond acceptors (Lipinski definition) is 7. The second kappa shape index (κ2) is 8.30. The van der Waals surface area contributed by atoms with Gasteiger partial charge in [-0.05, 0) is 37.3 Å². The first kappa shape index (κ1) is 21.9. The number of benzene rings is 2. The Kier molecular flexibility index (Phi) is 5.50. The highest BCUT2D eigenvalue weighted by Crippen LogP contribution is 2.25. The van der Waals surface area contributed by atoms with Gasteiger partial charge in [0.25, 0.3) is 29.5 Å². The molecule has 2 aromatic rings.